The van der Waals surface area contributed by atoms with Crippen molar-refractivity contribution < 1.29 is 9.90 Å². The van der Waals surface area contributed by atoms with Crippen LogP contribution in [0.2, 0.25) is 0 Å². The number of carbonyl (C=O) groups is 1. The average Bonchev–Trinajstić information content (AvgIpc) is 1.98. The van der Waals surface area contributed by atoms with Gasteiger partial charge in [-0.3, -0.25) is 4.79 Å². The number of rotatable bonds is 5. The highest BCUT2D eigenvalue weighted by Gasteiger charge is 2.27. The van der Waals surface area contributed by atoms with Crippen molar-refractivity contribution in [3.63, 3.8) is 0 Å². The van der Waals surface area contributed by atoms with Crippen LogP contribution in [-0.2, 0) is 4.79 Å². The maximum Gasteiger partial charge on any atom is 0.225 e. The summed E-state index contributed by atoms with van der Waals surface area (Å²) < 4.78 is 0. The molecule has 0 aromatic carbocycles. The Kier molecular flexibility index (Phi) is 4.22. The van der Waals surface area contributed by atoms with Crippen LogP contribution in [0.4, 0.5) is 0 Å². The maximum absolute atomic E-state index is 11.4. The molecule has 1 amide bonds. The summed E-state index contributed by atoms with van der Waals surface area (Å²) in [7, 11) is 0. The van der Waals surface area contributed by atoms with Gasteiger partial charge in [0.25, 0.3) is 0 Å². The first kappa shape index (κ1) is 11.8. The van der Waals surface area contributed by atoms with Crippen LogP contribution in [0.25, 0.3) is 0 Å². The second-order valence-corrected chi connectivity index (χ2v) is 4.87. The molecule has 0 spiro atoms. The van der Waals surface area contributed by atoms with Crippen molar-refractivity contribution in [3.8, 4) is 0 Å². The van der Waals surface area contributed by atoms with Crippen LogP contribution in [0.15, 0.2) is 0 Å². The van der Waals surface area contributed by atoms with Gasteiger partial charge in [0.1, 0.15) is 0 Å². The quantitative estimate of drug-likeness (QED) is 0.579. The van der Waals surface area contributed by atoms with Crippen LogP contribution in [-0.4, -0.2) is 48.3 Å². The fraction of sp³-hybridized carbons (Fsp3) is 0.889. The summed E-state index contributed by atoms with van der Waals surface area (Å²) in [5, 5.41) is 15.6. The molecule has 0 saturated carbocycles. The van der Waals surface area contributed by atoms with Crippen molar-refractivity contribution in [1.82, 2.24) is 10.6 Å². The van der Waals surface area contributed by atoms with Crippen molar-refractivity contribution in [3.05, 3.63) is 0 Å². The number of hydrogen-bond donors (Lipinski definition) is 3. The van der Waals surface area contributed by atoms with E-state index < -0.39 is 5.60 Å². The summed E-state index contributed by atoms with van der Waals surface area (Å²) in [5.41, 5.74) is -0.799. The third-order valence-electron chi connectivity index (χ3n) is 2.25. The van der Waals surface area contributed by atoms with Gasteiger partial charge in [0.05, 0.1) is 11.5 Å². The third kappa shape index (κ3) is 3.48. The first-order chi connectivity index (χ1) is 6.55. The monoisotopic (exact) mass is 218 g/mol. The van der Waals surface area contributed by atoms with Gasteiger partial charge in [0.2, 0.25) is 5.91 Å². The summed E-state index contributed by atoms with van der Waals surface area (Å²) in [6.07, 6.45) is 1.94. The number of carbonyl (C=O) groups excluding carboxylic acids is 1. The summed E-state index contributed by atoms with van der Waals surface area (Å²) >= 11 is 1.57. The minimum absolute atomic E-state index is 0.0464. The maximum atomic E-state index is 11.4. The highest BCUT2D eigenvalue weighted by molar-refractivity contribution is 7.98. The first-order valence-corrected chi connectivity index (χ1v) is 6.14. The van der Waals surface area contributed by atoms with Gasteiger partial charge >= 0.3 is 0 Å². The largest absolute Gasteiger partial charge is 0.387 e. The standard InChI is InChI=1S/C9H18N2O2S/c1-9(13,6-14-2)5-11-8(12)7-3-10-4-7/h7,10,13H,3-6H2,1-2H3,(H,11,12). The number of aliphatic hydroxyl groups is 1. The molecule has 1 rings (SSSR count). The molecule has 0 aromatic rings. The van der Waals surface area contributed by atoms with Crippen molar-refractivity contribution >= 4 is 17.7 Å². The van der Waals surface area contributed by atoms with E-state index in [1.807, 2.05) is 6.26 Å². The lowest BCUT2D eigenvalue weighted by molar-refractivity contribution is -0.127. The topological polar surface area (TPSA) is 61.4 Å². The van der Waals surface area contributed by atoms with Crippen molar-refractivity contribution in [1.29, 1.82) is 0 Å². The van der Waals surface area contributed by atoms with E-state index in [0.29, 0.717) is 12.3 Å². The number of nitrogens with one attached hydrogen (secondary N) is 2. The Hall–Kier alpha value is -0.260. The predicted molar refractivity (Wildman–Crippen MR) is 58.4 cm³/mol. The van der Waals surface area contributed by atoms with Crippen LogP contribution >= 0.6 is 11.8 Å². The van der Waals surface area contributed by atoms with Crippen LogP contribution in [0.5, 0.6) is 0 Å². The molecule has 1 heterocycles. The Morgan fingerprint density at radius 1 is 1.71 bits per heavy atom. The van der Waals surface area contributed by atoms with Crippen LogP contribution in [0, 0.1) is 5.92 Å². The molecule has 1 saturated heterocycles. The van der Waals surface area contributed by atoms with Crippen LogP contribution in [0.1, 0.15) is 6.92 Å². The van der Waals surface area contributed by atoms with Gasteiger partial charge in [-0.2, -0.15) is 11.8 Å². The predicted octanol–water partition coefficient (Wildman–Crippen LogP) is -0.564. The van der Waals surface area contributed by atoms with Gasteiger partial charge in [0.15, 0.2) is 0 Å². The molecule has 0 bridgehead atoms. The molecular weight excluding hydrogens is 200 g/mol. The van der Waals surface area contributed by atoms with E-state index in [0.717, 1.165) is 13.1 Å². The molecule has 1 unspecified atom stereocenters. The molecule has 3 N–H and O–H groups in total. The zero-order valence-electron chi connectivity index (χ0n) is 8.67. The van der Waals surface area contributed by atoms with E-state index >= 15 is 0 Å². The summed E-state index contributed by atoms with van der Waals surface area (Å²) in [6.45, 7) is 3.60. The van der Waals surface area contributed by atoms with E-state index in [1.54, 1.807) is 18.7 Å². The zero-order chi connectivity index (χ0) is 10.6. The first-order valence-electron chi connectivity index (χ1n) is 4.75. The highest BCUT2D eigenvalue weighted by Crippen LogP contribution is 2.10. The van der Waals surface area contributed by atoms with E-state index in [4.69, 9.17) is 0 Å². The van der Waals surface area contributed by atoms with E-state index in [9.17, 15) is 9.90 Å². The molecule has 1 aliphatic heterocycles. The van der Waals surface area contributed by atoms with Gasteiger partial charge < -0.3 is 15.7 Å². The molecule has 1 atom stereocenters. The van der Waals surface area contributed by atoms with Crippen molar-refractivity contribution in [2.45, 2.75) is 12.5 Å². The number of thioether (sulfide) groups is 1. The van der Waals surface area contributed by atoms with Gasteiger partial charge in [0, 0.05) is 25.4 Å². The zero-order valence-corrected chi connectivity index (χ0v) is 9.49. The lowest BCUT2D eigenvalue weighted by Crippen LogP contribution is -2.53. The Bertz CT molecular complexity index is 205. The molecule has 82 valence electrons. The fourth-order valence-corrected chi connectivity index (χ4v) is 1.98. The molecule has 0 aliphatic carbocycles. The molecule has 1 aliphatic rings. The molecular formula is C9H18N2O2S. The Labute approximate surface area is 88.8 Å². The summed E-state index contributed by atoms with van der Waals surface area (Å²) in [4.78, 5) is 11.4. The SMILES string of the molecule is CSCC(C)(O)CNC(=O)C1CNC1. The molecule has 1 fully saturated rings. The van der Waals surface area contributed by atoms with Gasteiger partial charge in [-0.15, -0.1) is 0 Å². The summed E-state index contributed by atoms with van der Waals surface area (Å²) in [6, 6.07) is 0. The Morgan fingerprint density at radius 2 is 2.36 bits per heavy atom. The van der Waals surface area contributed by atoms with Crippen molar-refractivity contribution in [2.75, 3.05) is 31.6 Å². The number of hydrogen-bond acceptors (Lipinski definition) is 4. The molecule has 14 heavy (non-hydrogen) atoms. The Morgan fingerprint density at radius 3 is 2.79 bits per heavy atom. The van der Waals surface area contributed by atoms with Crippen LogP contribution in [0.3, 0.4) is 0 Å². The lowest BCUT2D eigenvalue weighted by Gasteiger charge is -2.28. The van der Waals surface area contributed by atoms with Crippen molar-refractivity contribution in [2.24, 2.45) is 5.92 Å². The summed E-state index contributed by atoms with van der Waals surface area (Å²) in [5.74, 6) is 0.779. The Balaban J connectivity index is 2.21. The average molecular weight is 218 g/mol. The van der Waals surface area contributed by atoms with E-state index in [1.165, 1.54) is 0 Å². The lowest BCUT2D eigenvalue weighted by atomic mass is 10.0. The van der Waals surface area contributed by atoms with Crippen LogP contribution < -0.4 is 10.6 Å². The minimum atomic E-state index is -0.799. The molecule has 0 aromatic heterocycles. The van der Waals surface area contributed by atoms with E-state index in [-0.39, 0.29) is 11.8 Å². The highest BCUT2D eigenvalue weighted by atomic mass is 32.2. The van der Waals surface area contributed by atoms with E-state index in [2.05, 4.69) is 10.6 Å². The third-order valence-corrected chi connectivity index (χ3v) is 3.16. The number of amides is 1. The molecule has 0 radical (unpaired) electrons. The second kappa shape index (κ2) is 5.00. The normalized spacial score (nSPS) is 21.1. The van der Waals surface area contributed by atoms with Gasteiger partial charge in [-0.1, -0.05) is 0 Å². The van der Waals surface area contributed by atoms with Gasteiger partial charge in [-0.05, 0) is 13.2 Å². The molecule has 5 heteroatoms. The molecule has 4 nitrogen and oxygen atoms in total. The second-order valence-electron chi connectivity index (χ2n) is 4.00. The van der Waals surface area contributed by atoms with Gasteiger partial charge in [-0.25, -0.2) is 0 Å². The minimum Gasteiger partial charge on any atom is -0.387 e. The smallest absolute Gasteiger partial charge is 0.225 e. The fourth-order valence-electron chi connectivity index (χ4n) is 1.26.